The summed E-state index contributed by atoms with van der Waals surface area (Å²) < 4.78 is 8.56. The third kappa shape index (κ3) is 4.13. The predicted octanol–water partition coefficient (Wildman–Crippen LogP) is 2.67. The van der Waals surface area contributed by atoms with Gasteiger partial charge >= 0.3 is 5.91 Å². The molecule has 2 amide bonds. The number of halogens is 1. The van der Waals surface area contributed by atoms with Crippen molar-refractivity contribution in [2.75, 3.05) is 13.2 Å². The Morgan fingerprint density at radius 2 is 2.06 bits per heavy atom. The molecular formula is C26H25ClN4O4. The van der Waals surface area contributed by atoms with Gasteiger partial charge in [0.15, 0.2) is 12.4 Å². The second kappa shape index (κ2) is 9.28. The molecule has 1 unspecified atom stereocenters. The van der Waals surface area contributed by atoms with E-state index in [1.54, 1.807) is 47.3 Å². The normalized spacial score (nSPS) is 18.3. The van der Waals surface area contributed by atoms with Crippen molar-refractivity contribution in [2.45, 2.75) is 39.2 Å². The molecule has 1 aromatic carbocycles. The Morgan fingerprint density at radius 1 is 1.23 bits per heavy atom. The zero-order valence-electron chi connectivity index (χ0n) is 19.5. The molecule has 0 bridgehead atoms. The van der Waals surface area contributed by atoms with Gasteiger partial charge in [0.25, 0.3) is 11.6 Å². The van der Waals surface area contributed by atoms with E-state index in [0.29, 0.717) is 29.4 Å². The maximum Gasteiger partial charge on any atom is 0.327 e. The number of hydrogen-bond acceptors (Lipinski definition) is 5. The van der Waals surface area contributed by atoms with Crippen LogP contribution in [0.3, 0.4) is 0 Å². The second-order valence-corrected chi connectivity index (χ2v) is 9.18. The van der Waals surface area contributed by atoms with E-state index < -0.39 is 17.7 Å². The van der Waals surface area contributed by atoms with Crippen molar-refractivity contribution in [3.8, 4) is 11.6 Å². The molecule has 0 saturated carbocycles. The van der Waals surface area contributed by atoms with Crippen LogP contribution in [0.15, 0.2) is 48.8 Å². The summed E-state index contributed by atoms with van der Waals surface area (Å²) in [5.41, 5.74) is 2.19. The first-order valence-electron chi connectivity index (χ1n) is 11.6. The molecule has 2 aliphatic heterocycles. The van der Waals surface area contributed by atoms with Crippen LogP contribution in [-0.2, 0) is 20.7 Å². The Bertz CT molecular complexity index is 1360. The zero-order chi connectivity index (χ0) is 24.7. The largest absolute Gasteiger partial charge is 0.858 e. The van der Waals surface area contributed by atoms with Gasteiger partial charge in [0.1, 0.15) is 5.57 Å². The lowest BCUT2D eigenvalue weighted by Gasteiger charge is -2.18. The van der Waals surface area contributed by atoms with Crippen molar-refractivity contribution in [1.29, 1.82) is 0 Å². The number of aromatic nitrogens is 3. The molecule has 1 saturated heterocycles. The minimum atomic E-state index is -0.507. The molecule has 2 aliphatic rings. The van der Waals surface area contributed by atoms with Crippen molar-refractivity contribution in [1.82, 2.24) is 14.7 Å². The van der Waals surface area contributed by atoms with Crippen molar-refractivity contribution < 1.29 is 24.0 Å². The smallest absolute Gasteiger partial charge is 0.327 e. The van der Waals surface area contributed by atoms with E-state index in [9.17, 15) is 14.7 Å². The Hall–Kier alpha value is -3.49. The average Bonchev–Trinajstić information content (AvgIpc) is 3.53. The minimum Gasteiger partial charge on any atom is -0.858 e. The fraction of sp³-hybridized carbons (Fsp3) is 0.308. The van der Waals surface area contributed by atoms with Gasteiger partial charge in [0.2, 0.25) is 0 Å². The lowest BCUT2D eigenvalue weighted by Crippen LogP contribution is -2.42. The monoisotopic (exact) mass is 492 g/mol. The van der Waals surface area contributed by atoms with E-state index in [0.717, 1.165) is 18.4 Å². The molecule has 0 spiro atoms. The maximum absolute atomic E-state index is 13.8. The summed E-state index contributed by atoms with van der Waals surface area (Å²) in [6.45, 7) is 4.52. The summed E-state index contributed by atoms with van der Waals surface area (Å²) in [6.07, 6.45) is 5.34. The molecule has 4 heterocycles. The summed E-state index contributed by atoms with van der Waals surface area (Å²) >= 11 is 6.14. The molecule has 180 valence electrons. The van der Waals surface area contributed by atoms with Gasteiger partial charge in [-0.25, -0.2) is 4.68 Å². The molecule has 9 heteroatoms. The topological polar surface area (TPSA) is 91.4 Å². The minimum absolute atomic E-state index is 0.0683. The van der Waals surface area contributed by atoms with Crippen LogP contribution in [0.25, 0.3) is 17.0 Å². The molecule has 0 radical (unpaired) electrons. The second-order valence-electron chi connectivity index (χ2n) is 8.74. The molecule has 35 heavy (non-hydrogen) atoms. The lowest BCUT2D eigenvalue weighted by molar-refractivity contribution is -0.577. The fourth-order valence-electron chi connectivity index (χ4n) is 4.65. The first-order chi connectivity index (χ1) is 16.9. The number of amides is 2. The van der Waals surface area contributed by atoms with Crippen LogP contribution >= 0.6 is 11.6 Å². The van der Waals surface area contributed by atoms with E-state index in [4.69, 9.17) is 16.3 Å². The quantitative estimate of drug-likeness (QED) is 0.390. The molecule has 0 N–H and O–H groups in total. The van der Waals surface area contributed by atoms with Gasteiger partial charge in [-0.2, -0.15) is 9.67 Å². The van der Waals surface area contributed by atoms with Gasteiger partial charge in [-0.3, -0.25) is 14.5 Å². The van der Waals surface area contributed by atoms with Crippen molar-refractivity contribution >= 4 is 34.7 Å². The third-order valence-corrected chi connectivity index (χ3v) is 6.55. The number of nitrogens with zero attached hydrogens (tertiary/aromatic N) is 4. The highest BCUT2D eigenvalue weighted by Gasteiger charge is 2.47. The first kappa shape index (κ1) is 23.3. The van der Waals surface area contributed by atoms with Crippen LogP contribution in [-0.4, -0.2) is 45.8 Å². The molecule has 8 nitrogen and oxygen atoms in total. The number of benzene rings is 1. The lowest BCUT2D eigenvalue weighted by atomic mass is 10.0. The Balaban J connectivity index is 1.70. The molecule has 0 aliphatic carbocycles. The number of pyridine rings is 1. The standard InChI is InChI=1S/C26H25ClN4O4/c1-3-20-21(25(33)31(28-20)18-9-4-8-17(27)13-18)22-23(29-11-5-7-16(2)14-29)26(34)30(24(22)32)15-19-10-6-12-35-19/h4-5,7-9,11,13-14,19H,3,6,10,12,15H2,1-2H3. The van der Waals surface area contributed by atoms with Gasteiger partial charge in [0, 0.05) is 28.8 Å². The first-order valence-corrected chi connectivity index (χ1v) is 12.0. The van der Waals surface area contributed by atoms with Gasteiger partial charge in [-0.1, -0.05) is 24.6 Å². The summed E-state index contributed by atoms with van der Waals surface area (Å²) in [7, 11) is 0. The highest BCUT2D eigenvalue weighted by Crippen LogP contribution is 2.37. The summed E-state index contributed by atoms with van der Waals surface area (Å²) in [6, 6.07) is 10.5. The van der Waals surface area contributed by atoms with E-state index in [1.807, 2.05) is 19.9 Å². The number of aryl methyl sites for hydroxylation is 2. The molecule has 2 aromatic heterocycles. The Morgan fingerprint density at radius 3 is 2.74 bits per heavy atom. The van der Waals surface area contributed by atoms with E-state index in [-0.39, 0.29) is 29.5 Å². The van der Waals surface area contributed by atoms with E-state index in [2.05, 4.69) is 5.10 Å². The average molecular weight is 493 g/mol. The fourth-order valence-corrected chi connectivity index (χ4v) is 4.83. The Kier molecular flexibility index (Phi) is 6.17. The predicted molar refractivity (Wildman–Crippen MR) is 128 cm³/mol. The highest BCUT2D eigenvalue weighted by atomic mass is 35.5. The van der Waals surface area contributed by atoms with Crippen LogP contribution in [0.2, 0.25) is 5.02 Å². The number of carbonyl (C=O) groups is 2. The van der Waals surface area contributed by atoms with Crippen LogP contribution in [0.5, 0.6) is 5.88 Å². The molecule has 1 atom stereocenters. The van der Waals surface area contributed by atoms with Crippen molar-refractivity contribution in [3.63, 3.8) is 0 Å². The number of hydrogen-bond donors (Lipinski definition) is 0. The highest BCUT2D eigenvalue weighted by molar-refractivity contribution is 6.45. The SMILES string of the molecule is CCc1nn(-c2cccc(Cl)c2)c([O-])c1C1=C([n+]2cccc(C)c2)C(=O)N(CC2CCCO2)C1=O. The van der Waals surface area contributed by atoms with Gasteiger partial charge in [-0.15, -0.1) is 0 Å². The maximum atomic E-state index is 13.8. The molecule has 3 aromatic rings. The number of ether oxygens (including phenoxy) is 1. The van der Waals surface area contributed by atoms with E-state index in [1.165, 1.54) is 9.58 Å². The number of carbonyl (C=O) groups excluding carboxylic acids is 2. The van der Waals surface area contributed by atoms with Crippen LogP contribution < -0.4 is 9.67 Å². The van der Waals surface area contributed by atoms with Gasteiger partial charge in [-0.05, 0) is 56.3 Å². The van der Waals surface area contributed by atoms with Crippen LogP contribution in [0.1, 0.15) is 36.6 Å². The van der Waals surface area contributed by atoms with Crippen LogP contribution in [0, 0.1) is 6.92 Å². The molecule has 1 fully saturated rings. The molecule has 5 rings (SSSR count). The van der Waals surface area contributed by atoms with Crippen LogP contribution in [0.4, 0.5) is 0 Å². The van der Waals surface area contributed by atoms with Gasteiger partial charge in [0.05, 0.1) is 24.0 Å². The summed E-state index contributed by atoms with van der Waals surface area (Å²) in [5, 5.41) is 18.7. The number of imide groups is 1. The van der Waals surface area contributed by atoms with Crippen molar-refractivity contribution in [2.24, 2.45) is 0 Å². The summed E-state index contributed by atoms with van der Waals surface area (Å²) in [4.78, 5) is 28.6. The summed E-state index contributed by atoms with van der Waals surface area (Å²) in [5.74, 6) is -1.43. The number of rotatable bonds is 6. The molecular weight excluding hydrogens is 468 g/mol. The third-order valence-electron chi connectivity index (χ3n) is 6.31. The zero-order valence-corrected chi connectivity index (χ0v) is 20.3. The Labute approximate surface area is 208 Å². The van der Waals surface area contributed by atoms with Crippen molar-refractivity contribution in [3.05, 3.63) is 70.6 Å². The van der Waals surface area contributed by atoms with E-state index >= 15 is 0 Å². The van der Waals surface area contributed by atoms with Gasteiger partial charge < -0.3 is 9.84 Å².